The maximum absolute atomic E-state index is 15.8. The molecule has 54 heavy (non-hydrogen) atoms. The van der Waals surface area contributed by atoms with Gasteiger partial charge in [0.25, 0.3) is 11.8 Å². The second-order valence-electron chi connectivity index (χ2n) is 15.1. The van der Waals surface area contributed by atoms with Crippen LogP contribution in [0.15, 0.2) is 42.7 Å². The van der Waals surface area contributed by atoms with Crippen LogP contribution in [-0.2, 0) is 22.7 Å². The predicted molar refractivity (Wildman–Crippen MR) is 200 cm³/mol. The van der Waals surface area contributed by atoms with Crippen LogP contribution in [0.25, 0.3) is 11.0 Å². The Bertz CT molecular complexity index is 2120. The first-order chi connectivity index (χ1) is 26.0. The third-order valence-corrected chi connectivity index (χ3v) is 11.5. The van der Waals surface area contributed by atoms with E-state index in [2.05, 4.69) is 35.0 Å². The zero-order valence-electron chi connectivity index (χ0n) is 30.8. The van der Waals surface area contributed by atoms with Crippen LogP contribution in [0.2, 0.25) is 0 Å². The third-order valence-electron chi connectivity index (χ3n) is 11.5. The van der Waals surface area contributed by atoms with Crippen molar-refractivity contribution in [1.29, 1.82) is 0 Å². The number of amides is 4. The standard InChI is InChI=1S/C39H45FN10O4/c1-46(2)38(54)31-18-24-19-42-39(45-35(24)50(31)26-6-4-5-7-26)43-32-12-9-27(20-41-32)48-16-14-25(15-17-48)47(3)21-23-8-10-28-29(34(23)40)22-49(37(28)53)30-11-13-33(51)44-36(30)52/h8-10,12,18-20,25-26,30H,4-7,11,13-17,21-22H2,1-3H3,(H,44,51,52)(H,41,42,43,45). The summed E-state index contributed by atoms with van der Waals surface area (Å²) in [6, 6.07) is 8.88. The Morgan fingerprint density at radius 3 is 2.46 bits per heavy atom. The van der Waals surface area contributed by atoms with Crippen LogP contribution < -0.4 is 15.5 Å². The number of pyridine rings is 1. The molecule has 3 fully saturated rings. The van der Waals surface area contributed by atoms with Crippen molar-refractivity contribution in [2.45, 2.75) is 82.6 Å². The molecule has 1 aliphatic carbocycles. The number of halogens is 1. The number of benzene rings is 1. The van der Waals surface area contributed by atoms with Gasteiger partial charge in [-0.2, -0.15) is 4.98 Å². The monoisotopic (exact) mass is 736 g/mol. The van der Waals surface area contributed by atoms with Gasteiger partial charge in [-0.15, -0.1) is 0 Å². The van der Waals surface area contributed by atoms with Crippen molar-refractivity contribution in [3.05, 3.63) is 70.9 Å². The molecule has 0 radical (unpaired) electrons. The summed E-state index contributed by atoms with van der Waals surface area (Å²) >= 11 is 0. The largest absolute Gasteiger partial charge is 0.370 e. The molecule has 2 saturated heterocycles. The lowest BCUT2D eigenvalue weighted by Crippen LogP contribution is -2.52. The first-order valence-corrected chi connectivity index (χ1v) is 18.8. The number of aromatic nitrogens is 4. The van der Waals surface area contributed by atoms with Crippen LogP contribution in [0.5, 0.6) is 0 Å². The Kier molecular flexibility index (Phi) is 9.50. The van der Waals surface area contributed by atoms with Gasteiger partial charge in [-0.1, -0.05) is 18.9 Å². The van der Waals surface area contributed by atoms with E-state index in [-0.39, 0.29) is 54.8 Å². The number of rotatable bonds is 9. The second-order valence-corrected chi connectivity index (χ2v) is 15.1. The maximum atomic E-state index is 15.8. The lowest BCUT2D eigenvalue weighted by molar-refractivity contribution is -0.136. The summed E-state index contributed by atoms with van der Waals surface area (Å²) < 4.78 is 17.9. The molecule has 15 heteroatoms. The van der Waals surface area contributed by atoms with Crippen molar-refractivity contribution in [2.75, 3.05) is 44.4 Å². The number of hydrogen-bond donors (Lipinski definition) is 2. The Hall–Kier alpha value is -5.44. The second kappa shape index (κ2) is 14.4. The van der Waals surface area contributed by atoms with Gasteiger partial charge in [0.2, 0.25) is 17.8 Å². The van der Waals surface area contributed by atoms with Crippen molar-refractivity contribution in [3.63, 3.8) is 0 Å². The first-order valence-electron chi connectivity index (χ1n) is 18.8. The number of piperidine rings is 2. The van der Waals surface area contributed by atoms with Crippen LogP contribution in [-0.4, -0.2) is 104 Å². The van der Waals surface area contributed by atoms with Gasteiger partial charge in [0.05, 0.1) is 18.4 Å². The van der Waals surface area contributed by atoms with Gasteiger partial charge in [0, 0.05) is 80.5 Å². The van der Waals surface area contributed by atoms with Crippen molar-refractivity contribution in [1.82, 2.24) is 39.5 Å². The molecule has 282 valence electrons. The highest BCUT2D eigenvalue weighted by Gasteiger charge is 2.40. The topological polar surface area (TPSA) is 149 Å². The number of carbonyl (C=O) groups excluding carboxylic acids is 4. The SMILES string of the molecule is CN(C)C(=O)c1cc2cnc(Nc3ccc(N4CCC(N(C)Cc5ccc6c(c5F)CN(C5CCC(=O)NC5=O)C6=O)CC4)cn3)nc2n1C1CCCC1. The van der Waals surface area contributed by atoms with E-state index in [1.807, 2.05) is 31.4 Å². The lowest BCUT2D eigenvalue weighted by Gasteiger charge is -2.38. The van der Waals surface area contributed by atoms with E-state index in [4.69, 9.17) is 4.98 Å². The van der Waals surface area contributed by atoms with Gasteiger partial charge in [0.15, 0.2) is 0 Å². The molecule has 6 heterocycles. The lowest BCUT2D eigenvalue weighted by atomic mass is 10.0. The average Bonchev–Trinajstić information content (AvgIpc) is 3.91. The van der Waals surface area contributed by atoms with Crippen LogP contribution in [0.4, 0.5) is 21.8 Å². The highest BCUT2D eigenvalue weighted by molar-refractivity contribution is 6.05. The molecule has 1 aromatic carbocycles. The smallest absolute Gasteiger partial charge is 0.270 e. The van der Waals surface area contributed by atoms with Crippen molar-refractivity contribution < 1.29 is 23.6 Å². The molecule has 4 aromatic rings. The zero-order valence-corrected chi connectivity index (χ0v) is 30.8. The Labute approximate surface area is 312 Å². The van der Waals surface area contributed by atoms with E-state index in [0.717, 1.165) is 68.3 Å². The molecule has 4 aliphatic rings. The quantitative estimate of drug-likeness (QED) is 0.237. The van der Waals surface area contributed by atoms with Gasteiger partial charge in [-0.25, -0.2) is 14.4 Å². The minimum atomic E-state index is -0.777. The summed E-state index contributed by atoms with van der Waals surface area (Å²) in [4.78, 5) is 71.7. The molecule has 2 N–H and O–H groups in total. The van der Waals surface area contributed by atoms with Gasteiger partial charge in [-0.05, 0) is 63.4 Å². The maximum Gasteiger partial charge on any atom is 0.270 e. The minimum absolute atomic E-state index is 0.0153. The zero-order chi connectivity index (χ0) is 37.7. The van der Waals surface area contributed by atoms with E-state index in [0.29, 0.717) is 35.1 Å². The molecule has 3 aliphatic heterocycles. The van der Waals surface area contributed by atoms with Crippen LogP contribution >= 0.6 is 0 Å². The van der Waals surface area contributed by atoms with Gasteiger partial charge in [0.1, 0.15) is 29.0 Å². The van der Waals surface area contributed by atoms with Crippen molar-refractivity contribution in [3.8, 4) is 0 Å². The first kappa shape index (κ1) is 35.6. The molecular formula is C39H45FN10O4. The number of fused-ring (bicyclic) bond motifs is 2. The fourth-order valence-electron chi connectivity index (χ4n) is 8.49. The fourth-order valence-corrected chi connectivity index (χ4v) is 8.49. The molecule has 14 nitrogen and oxygen atoms in total. The summed E-state index contributed by atoms with van der Waals surface area (Å²) in [5, 5.41) is 6.37. The molecule has 0 spiro atoms. The number of hydrogen-bond acceptors (Lipinski definition) is 10. The minimum Gasteiger partial charge on any atom is -0.370 e. The van der Waals surface area contributed by atoms with Gasteiger partial charge < -0.3 is 24.6 Å². The normalized spacial score (nSPS) is 19.6. The summed E-state index contributed by atoms with van der Waals surface area (Å²) in [7, 11) is 5.53. The molecule has 1 saturated carbocycles. The Morgan fingerprint density at radius 2 is 1.76 bits per heavy atom. The summed E-state index contributed by atoms with van der Waals surface area (Å²) in [6.07, 6.45) is 10.1. The number of nitrogens with one attached hydrogen (secondary N) is 2. The number of carbonyl (C=O) groups is 4. The third kappa shape index (κ3) is 6.65. The molecule has 3 aromatic heterocycles. The molecule has 0 bridgehead atoms. The summed E-state index contributed by atoms with van der Waals surface area (Å²) in [5.41, 5.74) is 3.50. The summed E-state index contributed by atoms with van der Waals surface area (Å²) in [6.45, 7) is 2.04. The highest BCUT2D eigenvalue weighted by Crippen LogP contribution is 2.35. The molecular weight excluding hydrogens is 691 g/mol. The average molecular weight is 737 g/mol. The molecule has 1 unspecified atom stereocenters. The predicted octanol–water partition coefficient (Wildman–Crippen LogP) is 4.39. The number of anilines is 3. The van der Waals surface area contributed by atoms with Crippen molar-refractivity contribution in [2.24, 2.45) is 0 Å². The van der Waals surface area contributed by atoms with Crippen molar-refractivity contribution >= 4 is 52.1 Å². The van der Waals surface area contributed by atoms with E-state index in [9.17, 15) is 19.2 Å². The van der Waals surface area contributed by atoms with E-state index in [1.54, 1.807) is 37.3 Å². The number of nitrogens with zero attached hydrogens (tertiary/aromatic N) is 8. The summed E-state index contributed by atoms with van der Waals surface area (Å²) in [5.74, 6) is -0.651. The molecule has 1 atom stereocenters. The van der Waals surface area contributed by atoms with E-state index >= 15 is 4.39 Å². The van der Waals surface area contributed by atoms with Crippen LogP contribution in [0, 0.1) is 5.82 Å². The fraction of sp³-hybridized carbons (Fsp3) is 0.462. The van der Waals surface area contributed by atoms with E-state index in [1.165, 1.54) is 4.90 Å². The number of imide groups is 1. The molecule has 8 rings (SSSR count). The molecule has 4 amide bonds. The van der Waals surface area contributed by atoms with Crippen LogP contribution in [0.3, 0.4) is 0 Å². The van der Waals surface area contributed by atoms with Crippen LogP contribution in [0.1, 0.15) is 89.4 Å². The highest BCUT2D eigenvalue weighted by atomic mass is 19.1. The van der Waals surface area contributed by atoms with E-state index < -0.39 is 17.8 Å². The van der Waals surface area contributed by atoms with Gasteiger partial charge >= 0.3 is 0 Å². The Morgan fingerprint density at radius 1 is 0.981 bits per heavy atom. The Balaban J connectivity index is 0.879. The van der Waals surface area contributed by atoms with Gasteiger partial charge in [-0.3, -0.25) is 29.4 Å².